The molecule has 1 amide bonds. The summed E-state index contributed by atoms with van der Waals surface area (Å²) in [4.78, 5) is 14.6. The molecular weight excluding hydrogens is 309 g/mol. The van der Waals surface area contributed by atoms with Gasteiger partial charge in [-0.25, -0.2) is 4.39 Å². The normalized spacial score (nSPS) is 26.3. The summed E-state index contributed by atoms with van der Waals surface area (Å²) in [7, 11) is 0. The molecule has 1 aromatic rings. The van der Waals surface area contributed by atoms with Crippen LogP contribution in [-0.4, -0.2) is 23.4 Å². The molecule has 1 aliphatic heterocycles. The summed E-state index contributed by atoms with van der Waals surface area (Å²) in [5, 5.41) is 0. The Morgan fingerprint density at radius 2 is 2.05 bits per heavy atom. The molecule has 1 aliphatic carbocycles. The predicted molar refractivity (Wildman–Crippen MR) is 75.5 cm³/mol. The van der Waals surface area contributed by atoms with Gasteiger partial charge in [0.1, 0.15) is 5.82 Å². The van der Waals surface area contributed by atoms with Gasteiger partial charge >= 0.3 is 0 Å². The number of carbonyl (C=O) groups excluding carboxylic acids is 1. The first kappa shape index (κ1) is 13.1. The van der Waals surface area contributed by atoms with Gasteiger partial charge in [0, 0.05) is 12.6 Å². The maximum absolute atomic E-state index is 13.6. The van der Waals surface area contributed by atoms with Gasteiger partial charge in [-0.15, -0.1) is 0 Å². The fourth-order valence-corrected chi connectivity index (χ4v) is 3.96. The van der Waals surface area contributed by atoms with Crippen molar-refractivity contribution in [2.24, 2.45) is 5.92 Å². The summed E-state index contributed by atoms with van der Waals surface area (Å²) >= 11 is 3.20. The van der Waals surface area contributed by atoms with Crippen molar-refractivity contribution in [2.45, 2.75) is 38.1 Å². The lowest BCUT2D eigenvalue weighted by Gasteiger charge is -2.38. The third kappa shape index (κ3) is 2.31. The number of hydrogen-bond acceptors (Lipinski definition) is 1. The third-order valence-electron chi connectivity index (χ3n) is 4.44. The Labute approximate surface area is 121 Å². The van der Waals surface area contributed by atoms with E-state index in [2.05, 4.69) is 15.9 Å². The Hall–Kier alpha value is -0.900. The minimum absolute atomic E-state index is 0.0250. The largest absolute Gasteiger partial charge is 0.335 e. The van der Waals surface area contributed by atoms with Crippen LogP contribution in [0.5, 0.6) is 0 Å². The van der Waals surface area contributed by atoms with E-state index >= 15 is 0 Å². The summed E-state index contributed by atoms with van der Waals surface area (Å²) in [6.07, 6.45) is 5.85. The summed E-state index contributed by atoms with van der Waals surface area (Å²) in [5.74, 6) is 0.263. The number of piperidine rings is 1. The van der Waals surface area contributed by atoms with E-state index in [1.807, 2.05) is 4.90 Å². The minimum atomic E-state index is -0.370. The maximum atomic E-state index is 13.6. The van der Waals surface area contributed by atoms with E-state index in [1.54, 1.807) is 12.1 Å². The standard InChI is InChI=1S/C15H17BrFNO/c16-14-11(6-2-7-12(14)17)15(19)18-9-3-5-10-4-1-8-13(10)18/h2,6-7,10,13H,1,3-5,8-9H2. The quantitative estimate of drug-likeness (QED) is 0.764. The summed E-state index contributed by atoms with van der Waals surface area (Å²) in [5.41, 5.74) is 0.451. The molecule has 0 bridgehead atoms. The molecule has 1 saturated heterocycles. The third-order valence-corrected chi connectivity index (χ3v) is 5.24. The molecule has 2 atom stereocenters. The highest BCUT2D eigenvalue weighted by Crippen LogP contribution is 2.38. The van der Waals surface area contributed by atoms with E-state index < -0.39 is 0 Å². The molecule has 0 N–H and O–H groups in total. The SMILES string of the molecule is O=C(c1cccc(F)c1Br)N1CCCC2CCCC21. The zero-order valence-electron chi connectivity index (χ0n) is 10.7. The van der Waals surface area contributed by atoms with Crippen molar-refractivity contribution in [1.82, 2.24) is 4.90 Å². The van der Waals surface area contributed by atoms with Crippen molar-refractivity contribution in [1.29, 1.82) is 0 Å². The first-order valence-electron chi connectivity index (χ1n) is 6.93. The van der Waals surface area contributed by atoms with E-state index in [-0.39, 0.29) is 11.7 Å². The molecule has 0 aromatic heterocycles. The van der Waals surface area contributed by atoms with Crippen LogP contribution in [0.3, 0.4) is 0 Å². The van der Waals surface area contributed by atoms with Gasteiger partial charge in [-0.1, -0.05) is 12.5 Å². The second-order valence-corrected chi connectivity index (χ2v) is 6.29. The van der Waals surface area contributed by atoms with Gasteiger partial charge in [0.25, 0.3) is 5.91 Å². The number of carbonyl (C=O) groups is 1. The predicted octanol–water partition coefficient (Wildman–Crippen LogP) is 3.99. The minimum Gasteiger partial charge on any atom is -0.335 e. The molecule has 102 valence electrons. The monoisotopic (exact) mass is 325 g/mol. The topological polar surface area (TPSA) is 20.3 Å². The zero-order chi connectivity index (χ0) is 13.4. The second-order valence-electron chi connectivity index (χ2n) is 5.50. The van der Waals surface area contributed by atoms with Crippen molar-refractivity contribution in [2.75, 3.05) is 6.54 Å². The van der Waals surface area contributed by atoms with Gasteiger partial charge in [-0.2, -0.15) is 0 Å². The van der Waals surface area contributed by atoms with E-state index in [1.165, 1.54) is 25.3 Å². The zero-order valence-corrected chi connectivity index (χ0v) is 12.3. The smallest absolute Gasteiger partial charge is 0.255 e. The Kier molecular flexibility index (Phi) is 3.61. The van der Waals surface area contributed by atoms with Gasteiger partial charge < -0.3 is 4.90 Å². The Bertz CT molecular complexity index is 505. The summed E-state index contributed by atoms with van der Waals surface area (Å²) in [6, 6.07) is 5.05. The molecular formula is C15H17BrFNO. The molecule has 1 aromatic carbocycles. The molecule has 2 nitrogen and oxygen atoms in total. The highest BCUT2D eigenvalue weighted by atomic mass is 79.9. The van der Waals surface area contributed by atoms with Gasteiger partial charge in [0.05, 0.1) is 10.0 Å². The van der Waals surface area contributed by atoms with Crippen LogP contribution < -0.4 is 0 Å². The number of nitrogens with zero attached hydrogens (tertiary/aromatic N) is 1. The first-order valence-corrected chi connectivity index (χ1v) is 7.73. The van der Waals surface area contributed by atoms with E-state index in [0.717, 1.165) is 19.4 Å². The Balaban J connectivity index is 1.88. The first-order chi connectivity index (χ1) is 9.18. The molecule has 19 heavy (non-hydrogen) atoms. The van der Waals surface area contributed by atoms with E-state index in [9.17, 15) is 9.18 Å². The lowest BCUT2D eigenvalue weighted by Crippen LogP contribution is -2.46. The lowest BCUT2D eigenvalue weighted by atomic mass is 9.91. The number of halogens is 2. The number of fused-ring (bicyclic) bond motifs is 1. The molecule has 4 heteroatoms. The maximum Gasteiger partial charge on any atom is 0.255 e. The second kappa shape index (κ2) is 5.23. The van der Waals surface area contributed by atoms with Crippen LogP contribution in [0, 0.1) is 11.7 Å². The van der Waals surface area contributed by atoms with Crippen molar-refractivity contribution in [3.8, 4) is 0 Å². The highest BCUT2D eigenvalue weighted by Gasteiger charge is 2.38. The van der Waals surface area contributed by atoms with Crippen LogP contribution in [0.25, 0.3) is 0 Å². The van der Waals surface area contributed by atoms with Crippen LogP contribution in [0.1, 0.15) is 42.5 Å². The molecule has 0 spiro atoms. The molecule has 3 rings (SSSR count). The van der Waals surface area contributed by atoms with Crippen molar-refractivity contribution >= 4 is 21.8 Å². The average Bonchev–Trinajstić information content (AvgIpc) is 2.89. The molecule has 1 heterocycles. The Morgan fingerprint density at radius 1 is 1.26 bits per heavy atom. The number of benzene rings is 1. The average molecular weight is 326 g/mol. The van der Waals surface area contributed by atoms with Crippen molar-refractivity contribution < 1.29 is 9.18 Å². The molecule has 2 fully saturated rings. The van der Waals surface area contributed by atoms with Gasteiger partial charge in [0.2, 0.25) is 0 Å². The molecule has 2 unspecified atom stereocenters. The van der Waals surface area contributed by atoms with Gasteiger partial charge in [-0.3, -0.25) is 4.79 Å². The van der Waals surface area contributed by atoms with Crippen LogP contribution in [0.15, 0.2) is 22.7 Å². The van der Waals surface area contributed by atoms with Gasteiger partial charge in [-0.05, 0) is 59.7 Å². The van der Waals surface area contributed by atoms with Gasteiger partial charge in [0.15, 0.2) is 0 Å². The Morgan fingerprint density at radius 3 is 2.89 bits per heavy atom. The fraction of sp³-hybridized carbons (Fsp3) is 0.533. The van der Waals surface area contributed by atoms with Crippen LogP contribution >= 0.6 is 15.9 Å². The number of rotatable bonds is 1. The van der Waals surface area contributed by atoms with Crippen LogP contribution in [-0.2, 0) is 0 Å². The van der Waals surface area contributed by atoms with E-state index in [4.69, 9.17) is 0 Å². The highest BCUT2D eigenvalue weighted by molar-refractivity contribution is 9.10. The van der Waals surface area contributed by atoms with Crippen molar-refractivity contribution in [3.05, 3.63) is 34.1 Å². The van der Waals surface area contributed by atoms with Crippen LogP contribution in [0.2, 0.25) is 0 Å². The van der Waals surface area contributed by atoms with E-state index in [0.29, 0.717) is 22.0 Å². The molecule has 0 radical (unpaired) electrons. The number of amides is 1. The fourth-order valence-electron chi connectivity index (χ4n) is 3.53. The summed E-state index contributed by atoms with van der Waals surface area (Å²) < 4.78 is 13.8. The molecule has 2 aliphatic rings. The molecule has 1 saturated carbocycles. The summed E-state index contributed by atoms with van der Waals surface area (Å²) in [6.45, 7) is 0.808. The van der Waals surface area contributed by atoms with Crippen LogP contribution in [0.4, 0.5) is 4.39 Å². The number of hydrogen-bond donors (Lipinski definition) is 0. The lowest BCUT2D eigenvalue weighted by molar-refractivity contribution is 0.0547. The van der Waals surface area contributed by atoms with Crippen molar-refractivity contribution in [3.63, 3.8) is 0 Å². The number of likely N-dealkylation sites (tertiary alicyclic amines) is 1.